The van der Waals surface area contributed by atoms with E-state index in [1.165, 1.54) is 16.9 Å². The van der Waals surface area contributed by atoms with Gasteiger partial charge in [0.15, 0.2) is 0 Å². The van der Waals surface area contributed by atoms with Crippen LogP contribution < -0.4 is 10.6 Å². The zero-order valence-electron chi connectivity index (χ0n) is 13.5. The zero-order chi connectivity index (χ0) is 16.7. The molecule has 2 aromatic rings. The lowest BCUT2D eigenvalue weighted by Crippen LogP contribution is -2.29. The molecule has 122 valence electrons. The molecule has 2 amide bonds. The van der Waals surface area contributed by atoms with Crippen molar-refractivity contribution in [3.05, 3.63) is 57.8 Å². The second kappa shape index (κ2) is 8.48. The van der Waals surface area contributed by atoms with E-state index in [0.29, 0.717) is 24.9 Å². The first-order chi connectivity index (χ1) is 11.1. The Hall–Kier alpha value is -2.14. The molecule has 1 unspecified atom stereocenters. The van der Waals surface area contributed by atoms with E-state index >= 15 is 0 Å². The van der Waals surface area contributed by atoms with Gasteiger partial charge in [0.2, 0.25) is 5.91 Å². The van der Waals surface area contributed by atoms with Gasteiger partial charge in [0.05, 0.1) is 6.04 Å². The molecule has 2 rings (SSSR count). The summed E-state index contributed by atoms with van der Waals surface area (Å²) < 4.78 is 0. The first-order valence-electron chi connectivity index (χ1n) is 7.73. The van der Waals surface area contributed by atoms with Gasteiger partial charge in [0.25, 0.3) is 5.91 Å². The molecule has 0 spiro atoms. The number of aryl methyl sites for hydroxylation is 1. The van der Waals surface area contributed by atoms with Crippen molar-refractivity contribution >= 4 is 23.2 Å². The Kier molecular flexibility index (Phi) is 6.35. The van der Waals surface area contributed by atoms with Crippen LogP contribution in [-0.4, -0.2) is 18.4 Å². The molecule has 0 radical (unpaired) electrons. The number of carbonyl (C=O) groups is 2. The molecule has 0 aliphatic heterocycles. The van der Waals surface area contributed by atoms with Gasteiger partial charge >= 0.3 is 0 Å². The SMILES string of the molecule is Cc1ccccc1C(C)NC(=O)CCCNC(=O)c1ccsc1. The minimum absolute atomic E-state index is 0.00513. The van der Waals surface area contributed by atoms with E-state index in [1.54, 1.807) is 6.07 Å². The number of thiophene rings is 1. The van der Waals surface area contributed by atoms with Crippen LogP contribution in [0.1, 0.15) is 47.3 Å². The molecule has 1 atom stereocenters. The molecule has 0 saturated heterocycles. The van der Waals surface area contributed by atoms with Crippen molar-refractivity contribution in [1.82, 2.24) is 10.6 Å². The van der Waals surface area contributed by atoms with Crippen molar-refractivity contribution in [2.24, 2.45) is 0 Å². The Bertz CT molecular complexity index is 653. The highest BCUT2D eigenvalue weighted by molar-refractivity contribution is 7.08. The average molecular weight is 330 g/mol. The van der Waals surface area contributed by atoms with Crippen LogP contribution in [0.3, 0.4) is 0 Å². The van der Waals surface area contributed by atoms with Crippen LogP contribution in [0.2, 0.25) is 0 Å². The van der Waals surface area contributed by atoms with Crippen LogP contribution in [0.4, 0.5) is 0 Å². The van der Waals surface area contributed by atoms with Gasteiger partial charge in [-0.3, -0.25) is 9.59 Å². The fourth-order valence-electron chi connectivity index (χ4n) is 2.41. The monoisotopic (exact) mass is 330 g/mol. The number of rotatable bonds is 7. The normalized spacial score (nSPS) is 11.7. The smallest absolute Gasteiger partial charge is 0.252 e. The molecule has 4 nitrogen and oxygen atoms in total. The van der Waals surface area contributed by atoms with Crippen molar-refractivity contribution in [1.29, 1.82) is 0 Å². The third-order valence-electron chi connectivity index (χ3n) is 3.68. The molecule has 0 saturated carbocycles. The van der Waals surface area contributed by atoms with Crippen LogP contribution in [0.5, 0.6) is 0 Å². The third kappa shape index (κ3) is 5.21. The minimum atomic E-state index is -0.0834. The molecule has 1 aromatic carbocycles. The van der Waals surface area contributed by atoms with Crippen molar-refractivity contribution in [2.45, 2.75) is 32.7 Å². The highest BCUT2D eigenvalue weighted by Gasteiger charge is 2.11. The maximum absolute atomic E-state index is 12.0. The average Bonchev–Trinajstić information content (AvgIpc) is 3.06. The predicted octanol–water partition coefficient (Wildman–Crippen LogP) is 3.44. The number of hydrogen-bond acceptors (Lipinski definition) is 3. The molecule has 1 heterocycles. The van der Waals surface area contributed by atoms with Gasteiger partial charge in [-0.15, -0.1) is 0 Å². The van der Waals surface area contributed by atoms with Gasteiger partial charge in [-0.05, 0) is 42.8 Å². The molecule has 0 fully saturated rings. The predicted molar refractivity (Wildman–Crippen MR) is 93.6 cm³/mol. The van der Waals surface area contributed by atoms with Crippen LogP contribution >= 0.6 is 11.3 Å². The molecule has 0 bridgehead atoms. The van der Waals surface area contributed by atoms with Crippen molar-refractivity contribution in [2.75, 3.05) is 6.54 Å². The molecular weight excluding hydrogens is 308 g/mol. The summed E-state index contributed by atoms with van der Waals surface area (Å²) in [7, 11) is 0. The van der Waals surface area contributed by atoms with E-state index in [0.717, 1.165) is 5.56 Å². The van der Waals surface area contributed by atoms with Crippen molar-refractivity contribution < 1.29 is 9.59 Å². The topological polar surface area (TPSA) is 58.2 Å². The molecular formula is C18H22N2O2S. The fraction of sp³-hybridized carbons (Fsp3) is 0.333. The van der Waals surface area contributed by atoms with E-state index in [9.17, 15) is 9.59 Å². The number of carbonyl (C=O) groups excluding carboxylic acids is 2. The molecule has 1 aromatic heterocycles. The lowest BCUT2D eigenvalue weighted by molar-refractivity contribution is -0.121. The lowest BCUT2D eigenvalue weighted by Gasteiger charge is -2.16. The molecule has 0 aliphatic rings. The summed E-state index contributed by atoms with van der Waals surface area (Å²) in [4.78, 5) is 23.7. The maximum atomic E-state index is 12.0. The standard InChI is InChI=1S/C18H22N2O2S/c1-13-6-3-4-7-16(13)14(2)20-17(21)8-5-10-19-18(22)15-9-11-23-12-15/h3-4,6-7,9,11-12,14H,5,8,10H2,1-2H3,(H,19,22)(H,20,21). The Morgan fingerprint density at radius 2 is 2.00 bits per heavy atom. The van der Waals surface area contributed by atoms with Crippen LogP contribution in [-0.2, 0) is 4.79 Å². The fourth-order valence-corrected chi connectivity index (χ4v) is 3.05. The lowest BCUT2D eigenvalue weighted by atomic mass is 10.0. The molecule has 5 heteroatoms. The summed E-state index contributed by atoms with van der Waals surface area (Å²) in [5.41, 5.74) is 2.97. The summed E-state index contributed by atoms with van der Waals surface area (Å²) in [5, 5.41) is 9.51. The second-order valence-corrected chi connectivity index (χ2v) is 6.30. The highest BCUT2D eigenvalue weighted by atomic mass is 32.1. The van der Waals surface area contributed by atoms with E-state index < -0.39 is 0 Å². The van der Waals surface area contributed by atoms with Gasteiger partial charge in [-0.2, -0.15) is 11.3 Å². The number of amides is 2. The largest absolute Gasteiger partial charge is 0.352 e. The first kappa shape index (κ1) is 17.2. The molecule has 0 aliphatic carbocycles. The van der Waals surface area contributed by atoms with Gasteiger partial charge in [-0.25, -0.2) is 0 Å². The summed E-state index contributed by atoms with van der Waals surface area (Å²) >= 11 is 1.49. The van der Waals surface area contributed by atoms with E-state index in [1.807, 2.05) is 48.9 Å². The summed E-state index contributed by atoms with van der Waals surface area (Å²) in [5.74, 6) is -0.0783. The Labute approximate surface area is 140 Å². The van der Waals surface area contributed by atoms with E-state index in [4.69, 9.17) is 0 Å². The zero-order valence-corrected chi connectivity index (χ0v) is 14.3. The third-order valence-corrected chi connectivity index (χ3v) is 4.37. The van der Waals surface area contributed by atoms with Crippen molar-refractivity contribution in [3.63, 3.8) is 0 Å². The minimum Gasteiger partial charge on any atom is -0.352 e. The molecule has 2 N–H and O–H groups in total. The summed E-state index contributed by atoms with van der Waals surface area (Å²) in [6.45, 7) is 4.53. The quantitative estimate of drug-likeness (QED) is 0.764. The first-order valence-corrected chi connectivity index (χ1v) is 8.67. The Morgan fingerprint density at radius 1 is 1.22 bits per heavy atom. The van der Waals surface area contributed by atoms with Crippen LogP contribution in [0.25, 0.3) is 0 Å². The summed E-state index contributed by atoms with van der Waals surface area (Å²) in [6, 6.07) is 9.81. The van der Waals surface area contributed by atoms with Gasteiger partial charge in [0, 0.05) is 23.9 Å². The molecule has 23 heavy (non-hydrogen) atoms. The highest BCUT2D eigenvalue weighted by Crippen LogP contribution is 2.16. The number of nitrogens with one attached hydrogen (secondary N) is 2. The second-order valence-electron chi connectivity index (χ2n) is 5.52. The number of hydrogen-bond donors (Lipinski definition) is 2. The van der Waals surface area contributed by atoms with E-state index in [-0.39, 0.29) is 17.9 Å². The van der Waals surface area contributed by atoms with Crippen molar-refractivity contribution in [3.8, 4) is 0 Å². The van der Waals surface area contributed by atoms with Gasteiger partial charge < -0.3 is 10.6 Å². The van der Waals surface area contributed by atoms with E-state index in [2.05, 4.69) is 10.6 Å². The van der Waals surface area contributed by atoms with Gasteiger partial charge in [0.1, 0.15) is 0 Å². The number of benzene rings is 1. The Balaban J connectivity index is 1.69. The van der Waals surface area contributed by atoms with Crippen LogP contribution in [0, 0.1) is 6.92 Å². The Morgan fingerprint density at radius 3 is 2.70 bits per heavy atom. The van der Waals surface area contributed by atoms with Crippen LogP contribution in [0.15, 0.2) is 41.1 Å². The van der Waals surface area contributed by atoms with Gasteiger partial charge in [-0.1, -0.05) is 24.3 Å². The maximum Gasteiger partial charge on any atom is 0.252 e. The summed E-state index contributed by atoms with van der Waals surface area (Å²) in [6.07, 6.45) is 1.03.